The van der Waals surface area contributed by atoms with E-state index in [9.17, 15) is 12.8 Å². The van der Waals surface area contributed by atoms with E-state index in [1.165, 1.54) is 16.7 Å². The summed E-state index contributed by atoms with van der Waals surface area (Å²) in [6.45, 7) is 2.19. The predicted octanol–water partition coefficient (Wildman–Crippen LogP) is 2.42. The third kappa shape index (κ3) is 2.76. The van der Waals surface area contributed by atoms with Crippen LogP contribution in [-0.4, -0.2) is 23.2 Å². The van der Waals surface area contributed by atoms with Crippen molar-refractivity contribution in [3.8, 4) is 11.4 Å². The Bertz CT molecular complexity index is 700. The fourth-order valence-corrected chi connectivity index (χ4v) is 2.66. The molecule has 2 rings (SSSR count). The first-order chi connectivity index (χ1) is 8.95. The Morgan fingerprint density at radius 3 is 2.58 bits per heavy atom. The Labute approximate surface area is 114 Å². The van der Waals surface area contributed by atoms with Crippen LogP contribution in [0.25, 0.3) is 11.4 Å². The van der Waals surface area contributed by atoms with Gasteiger partial charge >= 0.3 is 0 Å². The first-order valence-electron chi connectivity index (χ1n) is 5.58. The van der Waals surface area contributed by atoms with E-state index in [-0.39, 0.29) is 16.5 Å². The lowest BCUT2D eigenvalue weighted by molar-refractivity contribution is 0.568. The molecule has 1 heterocycles. The number of aromatic nitrogens is 3. The predicted molar refractivity (Wildman–Crippen MR) is 68.7 cm³/mol. The summed E-state index contributed by atoms with van der Waals surface area (Å²) in [6, 6.07) is 5.96. The Morgan fingerprint density at radius 1 is 1.32 bits per heavy atom. The molecule has 0 unspecified atom stereocenters. The second-order valence-electron chi connectivity index (χ2n) is 3.88. The van der Waals surface area contributed by atoms with Crippen molar-refractivity contribution in [3.05, 3.63) is 30.1 Å². The number of hydrogen-bond donors (Lipinski definition) is 0. The van der Waals surface area contributed by atoms with E-state index in [4.69, 9.17) is 10.7 Å². The molecule has 0 N–H and O–H groups in total. The van der Waals surface area contributed by atoms with Gasteiger partial charge in [0, 0.05) is 17.2 Å². The summed E-state index contributed by atoms with van der Waals surface area (Å²) in [7, 11) is 1.28. The van der Waals surface area contributed by atoms with Crippen LogP contribution in [0.15, 0.2) is 29.4 Å². The molecule has 0 aliphatic rings. The van der Waals surface area contributed by atoms with Gasteiger partial charge in [-0.25, -0.2) is 12.8 Å². The molecule has 19 heavy (non-hydrogen) atoms. The number of rotatable bonds is 4. The van der Waals surface area contributed by atoms with Gasteiger partial charge in [0.1, 0.15) is 5.82 Å². The molecule has 1 aromatic heterocycles. The van der Waals surface area contributed by atoms with Gasteiger partial charge in [-0.3, -0.25) is 4.57 Å². The monoisotopic (exact) mass is 303 g/mol. The van der Waals surface area contributed by atoms with Gasteiger partial charge in [0.15, 0.2) is 5.82 Å². The quantitative estimate of drug-likeness (QED) is 0.814. The molecule has 0 saturated heterocycles. The molecule has 0 fully saturated rings. The molecule has 0 aliphatic heterocycles. The Balaban J connectivity index is 2.66. The van der Waals surface area contributed by atoms with Crippen molar-refractivity contribution >= 4 is 19.7 Å². The van der Waals surface area contributed by atoms with Crippen molar-refractivity contribution in [1.29, 1.82) is 0 Å². The molecule has 1 aromatic carbocycles. The molecular weight excluding hydrogens is 293 g/mol. The zero-order valence-corrected chi connectivity index (χ0v) is 11.6. The molecular formula is C11H11ClFN3O2S. The van der Waals surface area contributed by atoms with Gasteiger partial charge in [-0.15, -0.1) is 10.2 Å². The van der Waals surface area contributed by atoms with Gasteiger partial charge in [-0.05, 0) is 18.6 Å². The van der Waals surface area contributed by atoms with Gasteiger partial charge in [0.2, 0.25) is 0 Å². The van der Waals surface area contributed by atoms with E-state index in [1.54, 1.807) is 12.1 Å². The molecule has 0 saturated carbocycles. The Kier molecular flexibility index (Phi) is 3.86. The van der Waals surface area contributed by atoms with E-state index in [0.717, 1.165) is 0 Å². The number of benzene rings is 1. The summed E-state index contributed by atoms with van der Waals surface area (Å²) in [4.78, 5) is 0. The molecule has 0 atom stereocenters. The average molecular weight is 304 g/mol. The molecule has 5 nitrogen and oxygen atoms in total. The van der Waals surface area contributed by atoms with Crippen LogP contribution in [0.4, 0.5) is 4.39 Å². The summed E-state index contributed by atoms with van der Waals surface area (Å²) in [6.07, 6.45) is 0.638. The minimum absolute atomic E-state index is 0.152. The highest BCUT2D eigenvalue weighted by Crippen LogP contribution is 2.24. The minimum atomic E-state index is -4.02. The maximum Gasteiger partial charge on any atom is 0.296 e. The van der Waals surface area contributed by atoms with Crippen molar-refractivity contribution in [2.24, 2.45) is 0 Å². The summed E-state index contributed by atoms with van der Waals surface area (Å²) in [5, 5.41) is 6.93. The fourth-order valence-electron chi connectivity index (χ4n) is 1.74. The van der Waals surface area contributed by atoms with E-state index in [1.807, 2.05) is 6.92 Å². The lowest BCUT2D eigenvalue weighted by Gasteiger charge is -2.07. The van der Waals surface area contributed by atoms with Crippen molar-refractivity contribution in [2.75, 3.05) is 0 Å². The van der Waals surface area contributed by atoms with Crippen LogP contribution in [0.2, 0.25) is 0 Å². The highest BCUT2D eigenvalue weighted by Gasteiger charge is 2.23. The van der Waals surface area contributed by atoms with Gasteiger partial charge in [0.05, 0.1) is 5.56 Å². The smallest absolute Gasteiger partial charge is 0.296 e. The van der Waals surface area contributed by atoms with E-state index in [0.29, 0.717) is 13.0 Å². The van der Waals surface area contributed by atoms with Crippen molar-refractivity contribution in [2.45, 2.75) is 25.0 Å². The van der Waals surface area contributed by atoms with Crippen molar-refractivity contribution in [1.82, 2.24) is 14.8 Å². The maximum atomic E-state index is 13.7. The minimum Gasteiger partial charge on any atom is -0.297 e. The molecule has 0 spiro atoms. The highest BCUT2D eigenvalue weighted by atomic mass is 35.7. The standard InChI is InChI=1S/C11H11ClFN3O2S/c1-2-7-16-10(8-5-3-4-6-9(8)13)14-15-11(16)19(12,17)18/h3-6H,2,7H2,1H3. The van der Waals surface area contributed by atoms with Crippen LogP contribution in [0.5, 0.6) is 0 Å². The number of nitrogens with zero attached hydrogens (tertiary/aromatic N) is 3. The number of hydrogen-bond acceptors (Lipinski definition) is 4. The second kappa shape index (κ2) is 5.26. The first-order valence-corrected chi connectivity index (χ1v) is 7.89. The maximum absolute atomic E-state index is 13.7. The third-order valence-corrected chi connectivity index (χ3v) is 3.65. The zero-order chi connectivity index (χ0) is 14.0. The van der Waals surface area contributed by atoms with Gasteiger partial charge in [0.25, 0.3) is 14.2 Å². The largest absolute Gasteiger partial charge is 0.297 e. The normalized spacial score (nSPS) is 11.7. The highest BCUT2D eigenvalue weighted by molar-refractivity contribution is 8.13. The molecule has 8 heteroatoms. The molecule has 0 amide bonds. The molecule has 0 bridgehead atoms. The van der Waals surface area contributed by atoms with Crippen LogP contribution < -0.4 is 0 Å². The fraction of sp³-hybridized carbons (Fsp3) is 0.273. The van der Waals surface area contributed by atoms with Crippen LogP contribution in [0.1, 0.15) is 13.3 Å². The number of halogens is 2. The van der Waals surface area contributed by atoms with E-state index >= 15 is 0 Å². The Morgan fingerprint density at radius 2 is 2.00 bits per heavy atom. The van der Waals surface area contributed by atoms with Gasteiger partial charge in [-0.1, -0.05) is 19.1 Å². The lowest BCUT2D eigenvalue weighted by Crippen LogP contribution is -2.08. The summed E-state index contributed by atoms with van der Waals surface area (Å²) >= 11 is 0. The molecule has 0 radical (unpaired) electrons. The SMILES string of the molecule is CCCn1c(-c2ccccc2F)nnc1S(=O)(=O)Cl. The summed E-state index contributed by atoms with van der Waals surface area (Å²) in [5.41, 5.74) is 0.190. The van der Waals surface area contributed by atoms with Crippen molar-refractivity contribution < 1.29 is 12.8 Å². The third-order valence-electron chi connectivity index (χ3n) is 2.50. The summed E-state index contributed by atoms with van der Waals surface area (Å²) in [5.74, 6) is -0.343. The van der Waals surface area contributed by atoms with Gasteiger partial charge in [-0.2, -0.15) is 0 Å². The lowest BCUT2D eigenvalue weighted by atomic mass is 10.2. The van der Waals surface area contributed by atoms with Gasteiger partial charge < -0.3 is 0 Å². The Hall–Kier alpha value is -1.47. The van der Waals surface area contributed by atoms with E-state index in [2.05, 4.69) is 10.2 Å². The van der Waals surface area contributed by atoms with Crippen LogP contribution in [0, 0.1) is 5.82 Å². The summed E-state index contributed by atoms with van der Waals surface area (Å²) < 4.78 is 37.9. The second-order valence-corrected chi connectivity index (χ2v) is 6.34. The van der Waals surface area contributed by atoms with Crippen LogP contribution in [0.3, 0.4) is 0 Å². The average Bonchev–Trinajstić information content (AvgIpc) is 2.74. The molecule has 0 aliphatic carbocycles. The van der Waals surface area contributed by atoms with Crippen molar-refractivity contribution in [3.63, 3.8) is 0 Å². The molecule has 2 aromatic rings. The topological polar surface area (TPSA) is 64.8 Å². The van der Waals surface area contributed by atoms with E-state index < -0.39 is 14.9 Å². The van der Waals surface area contributed by atoms with Crippen LogP contribution in [-0.2, 0) is 15.6 Å². The molecule has 102 valence electrons. The first kappa shape index (κ1) is 14.0. The van der Waals surface area contributed by atoms with Crippen LogP contribution >= 0.6 is 10.7 Å². The zero-order valence-electron chi connectivity index (χ0n) is 10.0.